The molecule has 150 valence electrons. The van der Waals surface area contributed by atoms with E-state index in [1.165, 1.54) is 0 Å². The lowest BCUT2D eigenvalue weighted by Crippen LogP contribution is -2.41. The zero-order valence-corrected chi connectivity index (χ0v) is 16.4. The minimum Gasteiger partial charge on any atom is -0.497 e. The highest BCUT2D eigenvalue weighted by Crippen LogP contribution is 2.37. The van der Waals surface area contributed by atoms with Crippen LogP contribution in [0.5, 0.6) is 5.75 Å². The molecular formula is C24H24O5. The van der Waals surface area contributed by atoms with Crippen LogP contribution in [0.2, 0.25) is 0 Å². The Kier molecular flexibility index (Phi) is 5.76. The van der Waals surface area contributed by atoms with Gasteiger partial charge in [-0.15, -0.1) is 0 Å². The molecule has 3 unspecified atom stereocenters. The summed E-state index contributed by atoms with van der Waals surface area (Å²) in [7, 11) is 1.61. The lowest BCUT2D eigenvalue weighted by molar-refractivity contribution is -0.127. The lowest BCUT2D eigenvalue weighted by Gasteiger charge is -2.37. The van der Waals surface area contributed by atoms with Crippen molar-refractivity contribution in [2.75, 3.05) is 13.7 Å². The van der Waals surface area contributed by atoms with Gasteiger partial charge in [-0.3, -0.25) is 9.59 Å². The Labute approximate surface area is 170 Å². The largest absolute Gasteiger partial charge is 0.497 e. The summed E-state index contributed by atoms with van der Waals surface area (Å²) in [6.45, 7) is 0.0486. The standard InChI is InChI=1S/C24H24O5/c1-27-18-9-7-16(8-10-18)21-14-29-23-13-19(11-12-20(23)24(21)26)28-15-22(25)17-5-3-2-4-6-17/h2-10,14,19-20,23H,11-13,15H2,1H3. The van der Waals surface area contributed by atoms with Crippen LogP contribution in [0, 0.1) is 5.92 Å². The molecule has 0 amide bonds. The van der Waals surface area contributed by atoms with Crippen molar-refractivity contribution in [1.29, 1.82) is 0 Å². The van der Waals surface area contributed by atoms with E-state index >= 15 is 0 Å². The number of Topliss-reactive ketones (excluding diaryl/α,β-unsaturated/α-hetero) is 2. The number of rotatable bonds is 6. The normalized spacial score (nSPS) is 23.6. The molecule has 5 heteroatoms. The first-order valence-electron chi connectivity index (χ1n) is 9.90. The molecule has 0 saturated heterocycles. The molecule has 2 aliphatic rings. The molecule has 2 aromatic carbocycles. The third-order valence-corrected chi connectivity index (χ3v) is 5.65. The topological polar surface area (TPSA) is 61.8 Å². The quantitative estimate of drug-likeness (QED) is 0.694. The van der Waals surface area contributed by atoms with Gasteiger partial charge in [-0.1, -0.05) is 42.5 Å². The van der Waals surface area contributed by atoms with Crippen LogP contribution in [-0.2, 0) is 14.3 Å². The van der Waals surface area contributed by atoms with Crippen LogP contribution in [0.3, 0.4) is 0 Å². The maximum absolute atomic E-state index is 13.0. The highest BCUT2D eigenvalue weighted by molar-refractivity contribution is 6.22. The SMILES string of the molecule is COc1ccc(C2=COC3CC(OCC(=O)c4ccccc4)CCC3C2=O)cc1. The van der Waals surface area contributed by atoms with E-state index in [2.05, 4.69) is 0 Å². The number of fused-ring (bicyclic) bond motifs is 1. The monoisotopic (exact) mass is 392 g/mol. The van der Waals surface area contributed by atoms with Gasteiger partial charge in [0.25, 0.3) is 0 Å². The van der Waals surface area contributed by atoms with Crippen molar-refractivity contribution in [1.82, 2.24) is 0 Å². The zero-order chi connectivity index (χ0) is 20.2. The molecule has 1 aliphatic heterocycles. The molecule has 1 saturated carbocycles. The van der Waals surface area contributed by atoms with Gasteiger partial charge in [0.1, 0.15) is 18.5 Å². The van der Waals surface area contributed by atoms with Crippen molar-refractivity contribution in [2.45, 2.75) is 31.5 Å². The third kappa shape index (κ3) is 4.25. The predicted octanol–water partition coefficient (Wildman–Crippen LogP) is 4.07. The molecule has 0 N–H and O–H groups in total. The maximum Gasteiger partial charge on any atom is 0.188 e. The van der Waals surface area contributed by atoms with Crippen molar-refractivity contribution in [2.24, 2.45) is 5.92 Å². The molecular weight excluding hydrogens is 368 g/mol. The summed E-state index contributed by atoms with van der Waals surface area (Å²) in [5.41, 5.74) is 2.09. The number of ether oxygens (including phenoxy) is 3. The summed E-state index contributed by atoms with van der Waals surface area (Å²) >= 11 is 0. The Bertz CT molecular complexity index is 901. The zero-order valence-electron chi connectivity index (χ0n) is 16.4. The van der Waals surface area contributed by atoms with E-state index in [-0.39, 0.29) is 36.3 Å². The van der Waals surface area contributed by atoms with Gasteiger partial charge in [-0.25, -0.2) is 0 Å². The number of ketones is 2. The van der Waals surface area contributed by atoms with Crippen LogP contribution >= 0.6 is 0 Å². The van der Waals surface area contributed by atoms with Gasteiger partial charge in [0.15, 0.2) is 11.6 Å². The first kappa shape index (κ1) is 19.4. The molecule has 1 aliphatic carbocycles. The second kappa shape index (κ2) is 8.62. The smallest absolute Gasteiger partial charge is 0.188 e. The van der Waals surface area contributed by atoms with E-state index in [1.807, 2.05) is 42.5 Å². The Morgan fingerprint density at radius 3 is 2.55 bits per heavy atom. The van der Waals surface area contributed by atoms with Crippen LogP contribution in [0.15, 0.2) is 60.9 Å². The van der Waals surface area contributed by atoms with Gasteiger partial charge in [0, 0.05) is 12.0 Å². The highest BCUT2D eigenvalue weighted by Gasteiger charge is 2.40. The van der Waals surface area contributed by atoms with Gasteiger partial charge in [-0.2, -0.15) is 0 Å². The van der Waals surface area contributed by atoms with Gasteiger partial charge >= 0.3 is 0 Å². The second-order valence-electron chi connectivity index (χ2n) is 7.44. The molecule has 0 aromatic heterocycles. The molecule has 0 spiro atoms. The minimum absolute atomic E-state index is 0.0324. The first-order valence-corrected chi connectivity index (χ1v) is 9.90. The third-order valence-electron chi connectivity index (χ3n) is 5.65. The fourth-order valence-electron chi connectivity index (χ4n) is 3.99. The van der Waals surface area contributed by atoms with E-state index < -0.39 is 0 Å². The van der Waals surface area contributed by atoms with Crippen molar-refractivity contribution in [3.8, 4) is 5.75 Å². The van der Waals surface area contributed by atoms with Crippen molar-refractivity contribution < 1.29 is 23.8 Å². The van der Waals surface area contributed by atoms with E-state index in [1.54, 1.807) is 25.5 Å². The predicted molar refractivity (Wildman–Crippen MR) is 109 cm³/mol. The van der Waals surface area contributed by atoms with Gasteiger partial charge in [0.2, 0.25) is 0 Å². The number of carbonyl (C=O) groups is 2. The summed E-state index contributed by atoms with van der Waals surface area (Å²) in [6, 6.07) is 16.6. The van der Waals surface area contributed by atoms with Crippen LogP contribution in [0.25, 0.3) is 5.57 Å². The van der Waals surface area contributed by atoms with E-state index in [9.17, 15) is 9.59 Å². The maximum atomic E-state index is 13.0. The summed E-state index contributed by atoms with van der Waals surface area (Å²) in [6.07, 6.45) is 3.35. The number of carbonyl (C=O) groups excluding carboxylic acids is 2. The van der Waals surface area contributed by atoms with Crippen molar-refractivity contribution in [3.63, 3.8) is 0 Å². The van der Waals surface area contributed by atoms with Gasteiger partial charge in [0.05, 0.1) is 31.0 Å². The summed E-state index contributed by atoms with van der Waals surface area (Å²) in [5.74, 6) is 0.668. The van der Waals surface area contributed by atoms with Crippen molar-refractivity contribution in [3.05, 3.63) is 72.0 Å². The fourth-order valence-corrected chi connectivity index (χ4v) is 3.99. The number of methoxy groups -OCH3 is 1. The molecule has 0 radical (unpaired) electrons. The number of hydrogen-bond acceptors (Lipinski definition) is 5. The average Bonchev–Trinajstić information content (AvgIpc) is 2.78. The van der Waals surface area contributed by atoms with Crippen LogP contribution in [0.1, 0.15) is 35.2 Å². The molecule has 4 rings (SSSR count). The molecule has 5 nitrogen and oxygen atoms in total. The Balaban J connectivity index is 1.36. The van der Waals surface area contributed by atoms with E-state index in [4.69, 9.17) is 14.2 Å². The Morgan fingerprint density at radius 1 is 1.07 bits per heavy atom. The summed E-state index contributed by atoms with van der Waals surface area (Å²) in [5, 5.41) is 0. The Hall–Kier alpha value is -2.92. The molecule has 2 aromatic rings. The van der Waals surface area contributed by atoms with E-state index in [0.29, 0.717) is 24.0 Å². The van der Waals surface area contributed by atoms with Crippen molar-refractivity contribution >= 4 is 17.1 Å². The Morgan fingerprint density at radius 2 is 1.83 bits per heavy atom. The fraction of sp³-hybridized carbons (Fsp3) is 0.333. The number of benzene rings is 2. The van der Waals surface area contributed by atoms with E-state index in [0.717, 1.165) is 17.7 Å². The van der Waals surface area contributed by atoms with Crippen LogP contribution < -0.4 is 4.74 Å². The minimum atomic E-state index is -0.199. The number of hydrogen-bond donors (Lipinski definition) is 0. The number of allylic oxidation sites excluding steroid dienone is 1. The van der Waals surface area contributed by atoms with Gasteiger partial charge in [-0.05, 0) is 30.5 Å². The molecule has 1 fully saturated rings. The lowest BCUT2D eigenvalue weighted by atomic mass is 9.78. The molecule has 0 bridgehead atoms. The highest BCUT2D eigenvalue weighted by atomic mass is 16.5. The van der Waals surface area contributed by atoms with Gasteiger partial charge < -0.3 is 14.2 Å². The molecule has 29 heavy (non-hydrogen) atoms. The average molecular weight is 392 g/mol. The molecule has 3 atom stereocenters. The van der Waals surface area contributed by atoms with Crippen LogP contribution in [-0.4, -0.2) is 37.5 Å². The second-order valence-corrected chi connectivity index (χ2v) is 7.44. The first-order chi connectivity index (χ1) is 14.2. The molecule has 1 heterocycles. The summed E-state index contributed by atoms with van der Waals surface area (Å²) in [4.78, 5) is 25.2. The summed E-state index contributed by atoms with van der Waals surface area (Å²) < 4.78 is 16.9. The van der Waals surface area contributed by atoms with Crippen LogP contribution in [0.4, 0.5) is 0 Å².